The molecule has 0 aliphatic carbocycles. The van der Waals surface area contributed by atoms with Crippen molar-refractivity contribution in [3.63, 3.8) is 0 Å². The number of carboxylic acid groups (broad SMARTS) is 1. The minimum absolute atomic E-state index is 0.00176. The maximum atomic E-state index is 13.2. The monoisotopic (exact) mass is 444 g/mol. The Labute approximate surface area is 185 Å². The molecule has 3 aliphatic heterocycles. The van der Waals surface area contributed by atoms with Crippen LogP contribution in [0.15, 0.2) is 30.7 Å². The zero-order valence-corrected chi connectivity index (χ0v) is 17.8. The van der Waals surface area contributed by atoms with Gasteiger partial charge in [-0.3, -0.25) is 14.5 Å². The molecule has 2 saturated heterocycles. The molecular weight excluding hydrogens is 416 g/mol. The summed E-state index contributed by atoms with van der Waals surface area (Å²) in [5.41, 5.74) is 1.52. The van der Waals surface area contributed by atoms with Crippen LogP contribution in [0.1, 0.15) is 35.3 Å². The Hall–Kier alpha value is -3.11. The molecule has 3 aliphatic rings. The number of hydrogen-bond donors (Lipinski definition) is 3. The molecule has 0 radical (unpaired) electrons. The Morgan fingerprint density at radius 1 is 1.28 bits per heavy atom. The van der Waals surface area contributed by atoms with Gasteiger partial charge in [0.25, 0.3) is 12.4 Å². The van der Waals surface area contributed by atoms with Crippen LogP contribution in [0, 0.1) is 5.41 Å². The molecule has 32 heavy (non-hydrogen) atoms. The van der Waals surface area contributed by atoms with Crippen LogP contribution in [0.4, 0.5) is 0 Å². The number of H-pyrrole nitrogens is 1. The first kappa shape index (κ1) is 22.1. The Morgan fingerprint density at radius 2 is 2.09 bits per heavy atom. The number of benzene rings is 1. The van der Waals surface area contributed by atoms with Crippen molar-refractivity contribution in [3.05, 3.63) is 42.0 Å². The first-order valence-corrected chi connectivity index (χ1v) is 10.7. The molecule has 4 heterocycles. The van der Waals surface area contributed by atoms with Gasteiger partial charge in [0.15, 0.2) is 11.5 Å². The zero-order valence-electron chi connectivity index (χ0n) is 17.8. The van der Waals surface area contributed by atoms with E-state index in [1.54, 1.807) is 24.5 Å². The predicted octanol–water partition coefficient (Wildman–Crippen LogP) is 1.33. The normalized spacial score (nSPS) is 24.3. The van der Waals surface area contributed by atoms with E-state index in [0.29, 0.717) is 30.2 Å². The molecule has 1 aromatic heterocycles. The molecule has 3 N–H and O–H groups in total. The van der Waals surface area contributed by atoms with Gasteiger partial charge in [-0.1, -0.05) is 0 Å². The number of nitrogens with zero attached hydrogens (tertiary/aromatic N) is 3. The number of carbonyl (C=O) groups is 2. The molecule has 10 nitrogen and oxygen atoms in total. The number of aromatic amines is 1. The predicted molar refractivity (Wildman–Crippen MR) is 113 cm³/mol. The molecule has 0 saturated carbocycles. The maximum absolute atomic E-state index is 13.2. The van der Waals surface area contributed by atoms with Gasteiger partial charge in [-0.25, -0.2) is 4.98 Å². The van der Waals surface area contributed by atoms with E-state index in [1.807, 2.05) is 11.1 Å². The van der Waals surface area contributed by atoms with Crippen molar-refractivity contribution in [2.45, 2.75) is 31.8 Å². The lowest BCUT2D eigenvalue weighted by molar-refractivity contribution is -0.122. The van der Waals surface area contributed by atoms with E-state index in [-0.39, 0.29) is 37.2 Å². The number of carbonyl (C=O) groups excluding carboxylic acids is 1. The first-order chi connectivity index (χ1) is 15.6. The number of likely N-dealkylation sites (tertiary alicyclic amines) is 2. The summed E-state index contributed by atoms with van der Waals surface area (Å²) in [7, 11) is 0. The van der Waals surface area contributed by atoms with Crippen molar-refractivity contribution in [1.82, 2.24) is 19.8 Å². The van der Waals surface area contributed by atoms with Crippen LogP contribution in [0.2, 0.25) is 0 Å². The average molecular weight is 444 g/mol. The van der Waals surface area contributed by atoms with Crippen molar-refractivity contribution >= 4 is 12.4 Å². The summed E-state index contributed by atoms with van der Waals surface area (Å²) < 4.78 is 10.8. The second-order valence-electron chi connectivity index (χ2n) is 8.36. The Kier molecular flexibility index (Phi) is 6.61. The first-order valence-electron chi connectivity index (χ1n) is 10.7. The molecule has 0 unspecified atom stereocenters. The van der Waals surface area contributed by atoms with Gasteiger partial charge in [0.05, 0.1) is 12.9 Å². The van der Waals surface area contributed by atoms with E-state index in [2.05, 4.69) is 14.9 Å². The molecule has 10 heteroatoms. The van der Waals surface area contributed by atoms with Crippen molar-refractivity contribution in [2.24, 2.45) is 5.41 Å². The van der Waals surface area contributed by atoms with E-state index in [4.69, 9.17) is 19.4 Å². The lowest BCUT2D eigenvalue weighted by Gasteiger charge is -2.54. The van der Waals surface area contributed by atoms with Crippen molar-refractivity contribution in [2.75, 3.05) is 33.0 Å². The van der Waals surface area contributed by atoms with Crippen LogP contribution >= 0.6 is 0 Å². The SMILES string of the molecule is O=C(c1ccc2c(c1)OCO2)N1CC[C@]2(CO)CCCN(Cc3cnc[nH]3)[C@H]2C1.O=CO. The fourth-order valence-corrected chi connectivity index (χ4v) is 5.04. The van der Waals surface area contributed by atoms with Crippen LogP contribution < -0.4 is 9.47 Å². The van der Waals surface area contributed by atoms with Gasteiger partial charge in [0, 0.05) is 48.5 Å². The Balaban J connectivity index is 0.000000775. The average Bonchev–Trinajstić information content (AvgIpc) is 3.50. The van der Waals surface area contributed by atoms with E-state index in [9.17, 15) is 9.90 Å². The summed E-state index contributed by atoms with van der Waals surface area (Å²) >= 11 is 0. The summed E-state index contributed by atoms with van der Waals surface area (Å²) in [6, 6.07) is 5.48. The summed E-state index contributed by atoms with van der Waals surface area (Å²) in [5.74, 6) is 1.30. The number of imidazole rings is 1. The van der Waals surface area contributed by atoms with Gasteiger partial charge in [0.2, 0.25) is 6.79 Å². The molecule has 2 aromatic rings. The van der Waals surface area contributed by atoms with Gasteiger partial charge in [-0.05, 0) is 44.0 Å². The maximum Gasteiger partial charge on any atom is 0.290 e. The highest BCUT2D eigenvalue weighted by molar-refractivity contribution is 5.95. The lowest BCUT2D eigenvalue weighted by atomic mass is 9.69. The highest BCUT2D eigenvalue weighted by Crippen LogP contribution is 2.43. The molecule has 2 atom stereocenters. The standard InChI is InChI=1S/C21H26N4O4.CH2O2/c26-12-21-4-1-6-24(10-16-9-22-13-23-16)19(21)11-25(7-5-21)20(27)15-2-3-17-18(8-15)29-14-28-17;2-1-3/h2-3,8-9,13,19,26H,1,4-7,10-12,14H2,(H,22,23);1H,(H,2,3)/t19-,21-;/m0./s1. The summed E-state index contributed by atoms with van der Waals surface area (Å²) in [6.07, 6.45) is 6.40. The number of nitrogens with one attached hydrogen (secondary N) is 1. The third-order valence-corrected chi connectivity index (χ3v) is 6.69. The zero-order chi connectivity index (χ0) is 22.6. The molecule has 1 aromatic carbocycles. The number of amides is 1. The van der Waals surface area contributed by atoms with Crippen LogP contribution in [0.5, 0.6) is 11.5 Å². The van der Waals surface area contributed by atoms with Crippen LogP contribution in [-0.2, 0) is 11.3 Å². The number of ether oxygens (including phenoxy) is 2. The number of fused-ring (bicyclic) bond motifs is 2. The van der Waals surface area contributed by atoms with E-state index in [1.165, 1.54) is 0 Å². The summed E-state index contributed by atoms with van der Waals surface area (Å²) in [4.78, 5) is 33.2. The van der Waals surface area contributed by atoms with Crippen molar-refractivity contribution < 1.29 is 29.3 Å². The number of rotatable bonds is 4. The van der Waals surface area contributed by atoms with Gasteiger partial charge >= 0.3 is 0 Å². The van der Waals surface area contributed by atoms with Crippen LogP contribution in [0.25, 0.3) is 0 Å². The highest BCUT2D eigenvalue weighted by Gasteiger charge is 2.48. The van der Waals surface area contributed by atoms with Gasteiger partial charge in [-0.2, -0.15) is 0 Å². The molecule has 172 valence electrons. The molecule has 2 fully saturated rings. The van der Waals surface area contributed by atoms with Gasteiger partial charge in [0.1, 0.15) is 0 Å². The fraction of sp³-hybridized carbons (Fsp3) is 0.500. The Bertz CT molecular complexity index is 937. The number of hydrogen-bond acceptors (Lipinski definition) is 7. The molecule has 0 spiro atoms. The topological polar surface area (TPSA) is 128 Å². The van der Waals surface area contributed by atoms with Gasteiger partial charge < -0.3 is 29.6 Å². The third-order valence-electron chi connectivity index (χ3n) is 6.69. The minimum atomic E-state index is -0.250. The summed E-state index contributed by atoms with van der Waals surface area (Å²) in [5, 5.41) is 17.2. The van der Waals surface area contributed by atoms with Crippen molar-refractivity contribution in [3.8, 4) is 11.5 Å². The third kappa shape index (κ3) is 4.28. The number of aliphatic hydroxyl groups excluding tert-OH is 1. The quantitative estimate of drug-likeness (QED) is 0.603. The number of piperidine rings is 2. The summed E-state index contributed by atoms with van der Waals surface area (Å²) in [6.45, 7) is 3.07. The molecule has 1 amide bonds. The Morgan fingerprint density at radius 3 is 2.84 bits per heavy atom. The minimum Gasteiger partial charge on any atom is -0.483 e. The fourth-order valence-electron chi connectivity index (χ4n) is 5.04. The molecular formula is C22H28N4O6. The van der Waals surface area contributed by atoms with Gasteiger partial charge in [-0.15, -0.1) is 0 Å². The van der Waals surface area contributed by atoms with Crippen LogP contribution in [-0.4, -0.2) is 81.4 Å². The lowest BCUT2D eigenvalue weighted by Crippen LogP contribution is -2.63. The van der Waals surface area contributed by atoms with E-state index >= 15 is 0 Å². The second kappa shape index (κ2) is 9.58. The largest absolute Gasteiger partial charge is 0.483 e. The smallest absolute Gasteiger partial charge is 0.290 e. The van der Waals surface area contributed by atoms with Crippen molar-refractivity contribution in [1.29, 1.82) is 0 Å². The number of aliphatic hydroxyl groups is 1. The van der Waals surface area contributed by atoms with E-state index in [0.717, 1.165) is 38.0 Å². The second-order valence-corrected chi connectivity index (χ2v) is 8.36. The molecule has 5 rings (SSSR count). The van der Waals surface area contributed by atoms with Crippen LogP contribution in [0.3, 0.4) is 0 Å². The highest BCUT2D eigenvalue weighted by atomic mass is 16.7. The molecule has 0 bridgehead atoms. The number of aromatic nitrogens is 2. The van der Waals surface area contributed by atoms with E-state index < -0.39 is 0 Å².